The van der Waals surface area contributed by atoms with Gasteiger partial charge in [0.15, 0.2) is 6.04 Å². The molecule has 2 N–H and O–H groups in total. The van der Waals surface area contributed by atoms with Crippen molar-refractivity contribution >= 4 is 5.91 Å². The number of carbonyl (C=O) groups is 1. The van der Waals surface area contributed by atoms with E-state index in [2.05, 4.69) is 17.8 Å². The van der Waals surface area contributed by atoms with Gasteiger partial charge in [0.1, 0.15) is 0 Å². The smallest absolute Gasteiger partial charge is 0.247 e. The fraction of sp³-hybridized carbons (Fsp3) is 0.583. The SMILES string of the molecule is C#CCCC#CC(C(N)=O)N1CCCC1. The summed E-state index contributed by atoms with van der Waals surface area (Å²) in [5.74, 6) is 7.96. The minimum absolute atomic E-state index is 0.356. The molecule has 1 saturated heterocycles. The van der Waals surface area contributed by atoms with Crippen molar-refractivity contribution in [3.63, 3.8) is 0 Å². The lowest BCUT2D eigenvalue weighted by Crippen LogP contribution is -2.42. The molecule has 1 heterocycles. The Morgan fingerprint density at radius 2 is 2.07 bits per heavy atom. The quantitative estimate of drug-likeness (QED) is 0.532. The van der Waals surface area contributed by atoms with E-state index in [9.17, 15) is 4.79 Å². The molecule has 1 amide bonds. The Kier molecular flexibility index (Phi) is 4.74. The molecule has 0 saturated carbocycles. The molecule has 0 spiro atoms. The summed E-state index contributed by atoms with van der Waals surface area (Å²) in [4.78, 5) is 13.2. The highest BCUT2D eigenvalue weighted by atomic mass is 16.1. The molecule has 0 aromatic heterocycles. The third-order valence-electron chi connectivity index (χ3n) is 2.41. The van der Waals surface area contributed by atoms with E-state index in [1.54, 1.807) is 0 Å². The van der Waals surface area contributed by atoms with Crippen molar-refractivity contribution in [3.05, 3.63) is 0 Å². The van der Waals surface area contributed by atoms with Gasteiger partial charge in [0.2, 0.25) is 5.91 Å². The van der Waals surface area contributed by atoms with Gasteiger partial charge in [-0.3, -0.25) is 9.69 Å². The van der Waals surface area contributed by atoms with E-state index < -0.39 is 6.04 Å². The van der Waals surface area contributed by atoms with Crippen molar-refractivity contribution in [3.8, 4) is 24.2 Å². The number of hydrogen-bond acceptors (Lipinski definition) is 2. The van der Waals surface area contributed by atoms with Crippen molar-refractivity contribution in [1.29, 1.82) is 0 Å². The second-order valence-electron chi connectivity index (χ2n) is 3.57. The van der Waals surface area contributed by atoms with Crippen LogP contribution in [-0.2, 0) is 4.79 Å². The number of rotatable bonds is 3. The topological polar surface area (TPSA) is 46.3 Å². The maximum absolute atomic E-state index is 11.2. The van der Waals surface area contributed by atoms with E-state index in [4.69, 9.17) is 12.2 Å². The molecule has 1 atom stereocenters. The Balaban J connectivity index is 2.53. The monoisotopic (exact) mass is 204 g/mol. The van der Waals surface area contributed by atoms with Crippen LogP contribution in [0.25, 0.3) is 0 Å². The van der Waals surface area contributed by atoms with Crippen LogP contribution in [0.1, 0.15) is 25.7 Å². The van der Waals surface area contributed by atoms with Crippen LogP contribution in [0.2, 0.25) is 0 Å². The van der Waals surface area contributed by atoms with Crippen molar-refractivity contribution in [2.75, 3.05) is 13.1 Å². The summed E-state index contributed by atoms with van der Waals surface area (Å²) >= 11 is 0. The minimum Gasteiger partial charge on any atom is -0.367 e. The number of likely N-dealkylation sites (tertiary alicyclic amines) is 1. The standard InChI is InChI=1S/C12H16N2O/c1-2-3-4-5-8-11(12(13)15)14-9-6-7-10-14/h1,11H,3-4,6-7,9-10H2,(H2,13,15). The molecule has 80 valence electrons. The summed E-state index contributed by atoms with van der Waals surface area (Å²) in [5.41, 5.74) is 5.31. The molecule has 15 heavy (non-hydrogen) atoms. The van der Waals surface area contributed by atoms with Crippen LogP contribution in [0.5, 0.6) is 0 Å². The van der Waals surface area contributed by atoms with Crippen LogP contribution in [0.15, 0.2) is 0 Å². The van der Waals surface area contributed by atoms with Gasteiger partial charge in [0, 0.05) is 12.8 Å². The van der Waals surface area contributed by atoms with Gasteiger partial charge in [-0.1, -0.05) is 5.92 Å². The highest BCUT2D eigenvalue weighted by Gasteiger charge is 2.24. The lowest BCUT2D eigenvalue weighted by Gasteiger charge is -2.19. The van der Waals surface area contributed by atoms with Gasteiger partial charge in [0.05, 0.1) is 0 Å². The third kappa shape index (κ3) is 3.65. The molecule has 1 unspecified atom stereocenters. The van der Waals surface area contributed by atoms with Gasteiger partial charge in [-0.05, 0) is 25.9 Å². The average molecular weight is 204 g/mol. The third-order valence-corrected chi connectivity index (χ3v) is 2.41. The van der Waals surface area contributed by atoms with Gasteiger partial charge < -0.3 is 5.73 Å². The summed E-state index contributed by atoms with van der Waals surface area (Å²) < 4.78 is 0. The normalized spacial score (nSPS) is 17.5. The van der Waals surface area contributed by atoms with Crippen LogP contribution in [0.3, 0.4) is 0 Å². The summed E-state index contributed by atoms with van der Waals surface area (Å²) in [6.45, 7) is 1.83. The predicted octanol–water partition coefficient (Wildman–Crippen LogP) is 0.353. The van der Waals surface area contributed by atoms with E-state index >= 15 is 0 Å². The van der Waals surface area contributed by atoms with E-state index in [-0.39, 0.29) is 5.91 Å². The van der Waals surface area contributed by atoms with Crippen LogP contribution in [-0.4, -0.2) is 29.9 Å². The Hall–Kier alpha value is -1.45. The fourth-order valence-corrected chi connectivity index (χ4v) is 1.65. The van der Waals surface area contributed by atoms with Gasteiger partial charge >= 0.3 is 0 Å². The highest BCUT2D eigenvalue weighted by Crippen LogP contribution is 2.10. The molecule has 0 radical (unpaired) electrons. The lowest BCUT2D eigenvalue weighted by molar-refractivity contribution is -0.121. The first-order valence-corrected chi connectivity index (χ1v) is 5.21. The predicted molar refractivity (Wildman–Crippen MR) is 59.6 cm³/mol. The molecule has 3 nitrogen and oxygen atoms in total. The first-order valence-electron chi connectivity index (χ1n) is 5.21. The Morgan fingerprint density at radius 3 is 2.60 bits per heavy atom. The number of unbranched alkanes of at least 4 members (excludes halogenated alkanes) is 1. The van der Waals surface area contributed by atoms with Crippen molar-refractivity contribution in [2.45, 2.75) is 31.7 Å². The van der Waals surface area contributed by atoms with Gasteiger partial charge in [-0.15, -0.1) is 18.3 Å². The zero-order chi connectivity index (χ0) is 11.1. The van der Waals surface area contributed by atoms with Gasteiger partial charge in [-0.25, -0.2) is 0 Å². The van der Waals surface area contributed by atoms with Gasteiger partial charge in [0.25, 0.3) is 0 Å². The van der Waals surface area contributed by atoms with Crippen molar-refractivity contribution in [2.24, 2.45) is 5.73 Å². The van der Waals surface area contributed by atoms with Crippen LogP contribution < -0.4 is 5.73 Å². The van der Waals surface area contributed by atoms with Crippen LogP contribution >= 0.6 is 0 Å². The summed E-state index contributed by atoms with van der Waals surface area (Å²) in [7, 11) is 0. The zero-order valence-corrected chi connectivity index (χ0v) is 8.83. The van der Waals surface area contributed by atoms with Crippen LogP contribution in [0, 0.1) is 24.2 Å². The molecule has 0 aromatic carbocycles. The number of primary amides is 1. The van der Waals surface area contributed by atoms with E-state index in [1.165, 1.54) is 0 Å². The Labute approximate surface area is 91.0 Å². The first kappa shape index (κ1) is 11.6. The maximum Gasteiger partial charge on any atom is 0.247 e. The number of amides is 1. The highest BCUT2D eigenvalue weighted by molar-refractivity contribution is 5.83. The van der Waals surface area contributed by atoms with Crippen LogP contribution in [0.4, 0.5) is 0 Å². The molecular formula is C12H16N2O. The molecule has 0 aliphatic carbocycles. The molecule has 1 aliphatic rings. The largest absolute Gasteiger partial charge is 0.367 e. The molecule has 1 rings (SSSR count). The zero-order valence-electron chi connectivity index (χ0n) is 8.83. The van der Waals surface area contributed by atoms with E-state index in [1.807, 2.05) is 4.90 Å². The fourth-order valence-electron chi connectivity index (χ4n) is 1.65. The minimum atomic E-state index is -0.426. The molecule has 1 fully saturated rings. The molecule has 0 aromatic rings. The Bertz CT molecular complexity index is 313. The molecular weight excluding hydrogens is 188 g/mol. The molecule has 0 bridgehead atoms. The number of nitrogens with zero attached hydrogens (tertiary/aromatic N) is 1. The van der Waals surface area contributed by atoms with E-state index in [0.29, 0.717) is 12.8 Å². The Morgan fingerprint density at radius 1 is 1.40 bits per heavy atom. The number of hydrogen-bond donors (Lipinski definition) is 1. The van der Waals surface area contributed by atoms with E-state index in [0.717, 1.165) is 25.9 Å². The second-order valence-corrected chi connectivity index (χ2v) is 3.57. The molecule has 3 heteroatoms. The summed E-state index contributed by atoms with van der Waals surface area (Å²) in [5, 5.41) is 0. The maximum atomic E-state index is 11.2. The van der Waals surface area contributed by atoms with Gasteiger partial charge in [-0.2, -0.15) is 0 Å². The lowest BCUT2D eigenvalue weighted by atomic mass is 10.2. The summed E-state index contributed by atoms with van der Waals surface area (Å²) in [6, 6.07) is -0.426. The van der Waals surface area contributed by atoms with Crippen molar-refractivity contribution < 1.29 is 4.79 Å². The second kappa shape index (κ2) is 6.11. The average Bonchev–Trinajstić information content (AvgIpc) is 2.70. The summed E-state index contributed by atoms with van der Waals surface area (Å²) in [6.07, 6.45) is 8.61. The van der Waals surface area contributed by atoms with Crippen molar-refractivity contribution in [1.82, 2.24) is 4.90 Å². The molecule has 1 aliphatic heterocycles. The first-order chi connectivity index (χ1) is 7.25. The number of terminal acetylenes is 1. The number of nitrogens with two attached hydrogens (primary N) is 1. The number of carbonyl (C=O) groups excluding carboxylic acids is 1.